The highest BCUT2D eigenvalue weighted by molar-refractivity contribution is 5.92. The van der Waals surface area contributed by atoms with Crippen molar-refractivity contribution in [2.75, 3.05) is 6.54 Å². The van der Waals surface area contributed by atoms with Crippen LogP contribution in [0.2, 0.25) is 0 Å². The van der Waals surface area contributed by atoms with Gasteiger partial charge >= 0.3 is 0 Å². The summed E-state index contributed by atoms with van der Waals surface area (Å²) in [5, 5.41) is 3.01. The van der Waals surface area contributed by atoms with Crippen molar-refractivity contribution in [3.05, 3.63) is 0 Å². The number of hydrogen-bond acceptors (Lipinski definition) is 3. The van der Waals surface area contributed by atoms with E-state index in [2.05, 4.69) is 5.32 Å². The lowest BCUT2D eigenvalue weighted by Crippen LogP contribution is -2.57. The molecule has 0 aromatic rings. The topological polar surface area (TPSA) is 75.4 Å². The van der Waals surface area contributed by atoms with E-state index in [0.29, 0.717) is 12.6 Å². The molecule has 106 valence electrons. The average Bonchev–Trinajstić information content (AvgIpc) is 2.92. The molecule has 3 fully saturated rings. The molecule has 0 spiro atoms. The molecule has 1 atom stereocenters. The molecule has 19 heavy (non-hydrogen) atoms. The van der Waals surface area contributed by atoms with Crippen LogP contribution in [0.25, 0.3) is 0 Å². The third kappa shape index (κ3) is 2.48. The molecule has 5 heteroatoms. The van der Waals surface area contributed by atoms with Crippen LogP contribution in [0.4, 0.5) is 0 Å². The van der Waals surface area contributed by atoms with Crippen molar-refractivity contribution in [3.8, 4) is 0 Å². The second-order valence-corrected chi connectivity index (χ2v) is 6.30. The number of amides is 2. The van der Waals surface area contributed by atoms with Gasteiger partial charge in [0, 0.05) is 12.6 Å². The fraction of sp³-hybridized carbons (Fsp3) is 0.857. The molecule has 3 rings (SSSR count). The largest absolute Gasteiger partial charge is 0.352 e. The fourth-order valence-corrected chi connectivity index (χ4v) is 3.31. The van der Waals surface area contributed by atoms with Crippen molar-refractivity contribution in [3.63, 3.8) is 0 Å². The minimum atomic E-state index is -0.706. The molecule has 2 amide bonds. The maximum atomic E-state index is 12.6. The molecule has 5 nitrogen and oxygen atoms in total. The van der Waals surface area contributed by atoms with Gasteiger partial charge in [-0.05, 0) is 38.5 Å². The van der Waals surface area contributed by atoms with Crippen molar-refractivity contribution >= 4 is 11.8 Å². The SMILES string of the molecule is NC1(C(=O)N2CCCC2C(=O)NC2CC2)CCCC1. The zero-order valence-electron chi connectivity index (χ0n) is 11.4. The second-order valence-electron chi connectivity index (χ2n) is 6.30. The highest BCUT2D eigenvalue weighted by atomic mass is 16.2. The molecule has 3 N–H and O–H groups in total. The van der Waals surface area contributed by atoms with Gasteiger partial charge in [-0.3, -0.25) is 9.59 Å². The number of likely N-dealkylation sites (tertiary alicyclic amines) is 1. The van der Waals surface area contributed by atoms with Crippen molar-refractivity contribution in [2.45, 2.75) is 69.0 Å². The number of rotatable bonds is 3. The summed E-state index contributed by atoms with van der Waals surface area (Å²) in [6.45, 7) is 0.681. The Labute approximate surface area is 113 Å². The zero-order chi connectivity index (χ0) is 13.5. The van der Waals surface area contributed by atoms with Gasteiger partial charge in [-0.25, -0.2) is 0 Å². The van der Waals surface area contributed by atoms with E-state index in [1.807, 2.05) is 0 Å². The van der Waals surface area contributed by atoms with Gasteiger partial charge in [0.2, 0.25) is 11.8 Å². The second kappa shape index (κ2) is 4.78. The van der Waals surface area contributed by atoms with Crippen LogP contribution in [0, 0.1) is 0 Å². The van der Waals surface area contributed by atoms with Gasteiger partial charge in [0.1, 0.15) is 6.04 Å². The molecular weight excluding hydrogens is 242 g/mol. The number of nitrogens with two attached hydrogens (primary N) is 1. The molecule has 1 unspecified atom stereocenters. The standard InChI is InChI=1S/C14H23N3O2/c15-14(7-1-2-8-14)13(19)17-9-3-4-11(17)12(18)16-10-5-6-10/h10-11H,1-9,15H2,(H,16,18). The molecule has 0 aromatic heterocycles. The van der Waals surface area contributed by atoms with E-state index in [-0.39, 0.29) is 17.9 Å². The Kier molecular flexibility index (Phi) is 3.25. The van der Waals surface area contributed by atoms with E-state index in [4.69, 9.17) is 5.73 Å². The third-order valence-corrected chi connectivity index (χ3v) is 4.66. The van der Waals surface area contributed by atoms with Crippen LogP contribution in [0.3, 0.4) is 0 Å². The van der Waals surface area contributed by atoms with Crippen LogP contribution in [0.1, 0.15) is 51.4 Å². The summed E-state index contributed by atoms with van der Waals surface area (Å²) >= 11 is 0. The summed E-state index contributed by atoms with van der Waals surface area (Å²) < 4.78 is 0. The van der Waals surface area contributed by atoms with Crippen molar-refractivity contribution in [1.82, 2.24) is 10.2 Å². The molecule has 3 aliphatic rings. The molecule has 0 aromatic carbocycles. The molecular formula is C14H23N3O2. The molecule has 0 bridgehead atoms. The van der Waals surface area contributed by atoms with Crippen LogP contribution in [0.15, 0.2) is 0 Å². The predicted molar refractivity (Wildman–Crippen MR) is 71.3 cm³/mol. The van der Waals surface area contributed by atoms with Gasteiger partial charge < -0.3 is 16.0 Å². The van der Waals surface area contributed by atoms with E-state index in [1.165, 1.54) is 0 Å². The van der Waals surface area contributed by atoms with Crippen LogP contribution >= 0.6 is 0 Å². The molecule has 1 heterocycles. The first-order valence-corrected chi connectivity index (χ1v) is 7.50. The lowest BCUT2D eigenvalue weighted by molar-refractivity contribution is -0.142. The maximum Gasteiger partial charge on any atom is 0.243 e. The van der Waals surface area contributed by atoms with E-state index in [9.17, 15) is 9.59 Å². The summed E-state index contributed by atoms with van der Waals surface area (Å²) in [5.74, 6) is 0.0217. The average molecular weight is 265 g/mol. The first kappa shape index (κ1) is 12.9. The van der Waals surface area contributed by atoms with Crippen molar-refractivity contribution in [1.29, 1.82) is 0 Å². The fourth-order valence-electron chi connectivity index (χ4n) is 3.31. The Bertz CT molecular complexity index is 386. The summed E-state index contributed by atoms with van der Waals surface area (Å²) in [6.07, 6.45) is 7.41. The first-order chi connectivity index (χ1) is 9.10. The van der Waals surface area contributed by atoms with E-state index in [1.54, 1.807) is 4.90 Å². The van der Waals surface area contributed by atoms with Gasteiger partial charge in [-0.15, -0.1) is 0 Å². The number of nitrogens with zero attached hydrogens (tertiary/aromatic N) is 1. The van der Waals surface area contributed by atoms with Crippen LogP contribution < -0.4 is 11.1 Å². The van der Waals surface area contributed by atoms with Crippen molar-refractivity contribution in [2.24, 2.45) is 5.73 Å². The summed E-state index contributed by atoms with van der Waals surface area (Å²) in [6, 6.07) is 0.0671. The van der Waals surface area contributed by atoms with Gasteiger partial charge in [0.25, 0.3) is 0 Å². The van der Waals surface area contributed by atoms with Crippen LogP contribution in [-0.4, -0.2) is 40.9 Å². The Morgan fingerprint density at radius 3 is 2.42 bits per heavy atom. The zero-order valence-corrected chi connectivity index (χ0v) is 11.4. The quantitative estimate of drug-likeness (QED) is 0.781. The minimum Gasteiger partial charge on any atom is -0.352 e. The third-order valence-electron chi connectivity index (χ3n) is 4.66. The molecule has 2 saturated carbocycles. The first-order valence-electron chi connectivity index (χ1n) is 7.50. The summed E-state index contributed by atoms with van der Waals surface area (Å²) in [7, 11) is 0. The highest BCUT2D eigenvalue weighted by Gasteiger charge is 2.45. The van der Waals surface area contributed by atoms with Crippen LogP contribution in [-0.2, 0) is 9.59 Å². The van der Waals surface area contributed by atoms with E-state index < -0.39 is 5.54 Å². The molecule has 2 aliphatic carbocycles. The number of hydrogen-bond donors (Lipinski definition) is 2. The molecule has 0 radical (unpaired) electrons. The van der Waals surface area contributed by atoms with Gasteiger partial charge in [-0.1, -0.05) is 12.8 Å². The Balaban J connectivity index is 1.67. The summed E-state index contributed by atoms with van der Waals surface area (Å²) in [4.78, 5) is 26.5. The smallest absolute Gasteiger partial charge is 0.243 e. The summed E-state index contributed by atoms with van der Waals surface area (Å²) in [5.41, 5.74) is 5.53. The Hall–Kier alpha value is -1.10. The van der Waals surface area contributed by atoms with Crippen molar-refractivity contribution < 1.29 is 9.59 Å². The van der Waals surface area contributed by atoms with Crippen LogP contribution in [0.5, 0.6) is 0 Å². The van der Waals surface area contributed by atoms with Gasteiger partial charge in [-0.2, -0.15) is 0 Å². The highest BCUT2D eigenvalue weighted by Crippen LogP contribution is 2.32. The molecule has 1 aliphatic heterocycles. The Morgan fingerprint density at radius 1 is 1.11 bits per heavy atom. The number of carbonyl (C=O) groups excluding carboxylic acids is 2. The monoisotopic (exact) mass is 265 g/mol. The van der Waals surface area contributed by atoms with E-state index >= 15 is 0 Å². The normalized spacial score (nSPS) is 29.5. The number of carbonyl (C=O) groups is 2. The predicted octanol–water partition coefficient (Wildman–Crippen LogP) is 0.527. The van der Waals surface area contributed by atoms with E-state index in [0.717, 1.165) is 51.4 Å². The Morgan fingerprint density at radius 2 is 1.79 bits per heavy atom. The van der Waals surface area contributed by atoms with Gasteiger partial charge in [0.15, 0.2) is 0 Å². The van der Waals surface area contributed by atoms with Gasteiger partial charge in [0.05, 0.1) is 5.54 Å². The molecule has 1 saturated heterocycles. The number of nitrogens with one attached hydrogen (secondary N) is 1. The maximum absolute atomic E-state index is 12.6. The lowest BCUT2D eigenvalue weighted by Gasteiger charge is -2.32. The minimum absolute atomic E-state index is 0.00144. The lowest BCUT2D eigenvalue weighted by atomic mass is 9.96.